The average molecular weight is 529 g/mol. The van der Waals surface area contributed by atoms with Gasteiger partial charge < -0.3 is 20.1 Å². The Morgan fingerprint density at radius 2 is 1.69 bits per heavy atom. The maximum Gasteiger partial charge on any atom is 0.248 e. The molecule has 1 rings (SSSR count). The molecule has 0 saturated carbocycles. The summed E-state index contributed by atoms with van der Waals surface area (Å²) >= 11 is 0. The van der Waals surface area contributed by atoms with Crippen LogP contribution in [0.1, 0.15) is 51.2 Å². The minimum absolute atomic E-state index is 0.0795. The van der Waals surface area contributed by atoms with E-state index in [2.05, 4.69) is 18.7 Å². The van der Waals surface area contributed by atoms with Crippen LogP contribution in [0.4, 0.5) is 0 Å². The van der Waals surface area contributed by atoms with Crippen molar-refractivity contribution in [2.75, 3.05) is 60.6 Å². The molecule has 1 aromatic carbocycles. The third-order valence-corrected chi connectivity index (χ3v) is 9.06. The van der Waals surface area contributed by atoms with Gasteiger partial charge >= 0.3 is 0 Å². The highest BCUT2D eigenvalue weighted by Crippen LogP contribution is 2.27. The summed E-state index contributed by atoms with van der Waals surface area (Å²) in [6.07, 6.45) is 2.94. The van der Waals surface area contributed by atoms with E-state index in [1.165, 1.54) is 11.4 Å². The number of hydrogen-bond donors (Lipinski definition) is 1. The first-order chi connectivity index (χ1) is 16.9. The Kier molecular flexibility index (Phi) is 13.9. The van der Waals surface area contributed by atoms with E-state index in [0.29, 0.717) is 29.5 Å². The van der Waals surface area contributed by atoms with Crippen LogP contribution in [0.15, 0.2) is 17.0 Å². The van der Waals surface area contributed by atoms with Crippen molar-refractivity contribution in [3.05, 3.63) is 23.3 Å². The summed E-state index contributed by atoms with van der Waals surface area (Å²) in [6, 6.07) is 3.95. The summed E-state index contributed by atoms with van der Waals surface area (Å²) in [7, 11) is 1.17. The van der Waals surface area contributed by atoms with Gasteiger partial charge in [-0.3, -0.25) is 9.69 Å². The molecular formula is C26H48N4O5S. The maximum absolute atomic E-state index is 13.1. The average Bonchev–Trinajstić information content (AvgIpc) is 2.84. The first-order valence-corrected chi connectivity index (χ1v) is 14.3. The van der Waals surface area contributed by atoms with Gasteiger partial charge in [-0.2, -0.15) is 4.31 Å². The first-order valence-electron chi connectivity index (χ1n) is 12.8. The third kappa shape index (κ3) is 8.99. The van der Waals surface area contributed by atoms with Gasteiger partial charge in [-0.1, -0.05) is 13.8 Å². The molecule has 1 aromatic rings. The lowest BCUT2D eigenvalue weighted by Gasteiger charge is -2.32. The lowest BCUT2D eigenvalue weighted by Crippen LogP contribution is -2.41. The van der Waals surface area contributed by atoms with E-state index in [4.69, 9.17) is 15.2 Å². The van der Waals surface area contributed by atoms with E-state index in [-0.39, 0.29) is 36.6 Å². The largest absolute Gasteiger partial charge is 0.497 e. The molecule has 0 fully saturated rings. The fourth-order valence-corrected chi connectivity index (χ4v) is 6.01. The van der Waals surface area contributed by atoms with Crippen LogP contribution in [-0.4, -0.2) is 101 Å². The van der Waals surface area contributed by atoms with Crippen molar-refractivity contribution in [2.24, 2.45) is 5.73 Å². The highest BCUT2D eigenvalue weighted by Gasteiger charge is 2.26. The molecule has 208 valence electrons. The molecule has 2 atom stereocenters. The summed E-state index contributed by atoms with van der Waals surface area (Å²) in [6.45, 7) is 12.6. The van der Waals surface area contributed by atoms with Crippen molar-refractivity contribution in [1.29, 1.82) is 0 Å². The lowest BCUT2D eigenvalue weighted by molar-refractivity contribution is -0.136. The van der Waals surface area contributed by atoms with Gasteiger partial charge in [0.1, 0.15) is 12.4 Å². The van der Waals surface area contributed by atoms with Crippen LogP contribution >= 0.6 is 0 Å². The number of ether oxygens (including phenoxy) is 2. The Morgan fingerprint density at radius 1 is 1.08 bits per heavy atom. The molecule has 36 heavy (non-hydrogen) atoms. The van der Waals surface area contributed by atoms with Crippen molar-refractivity contribution in [1.82, 2.24) is 14.1 Å². The molecular weight excluding hydrogens is 480 g/mol. The number of methoxy groups -OCH3 is 1. The SMILES string of the molecule is CCC(CCC(C)N(C)C(=O)COCCN(C)S(=O)(=O)c1c(C)cc(OC)cc1C)N(CC)CCN. The number of nitrogens with two attached hydrogens (primary N) is 1. The smallest absolute Gasteiger partial charge is 0.248 e. The van der Waals surface area contributed by atoms with Gasteiger partial charge in [0, 0.05) is 45.8 Å². The Hall–Kier alpha value is -1.72. The number of carbonyl (C=O) groups is 1. The molecule has 1 amide bonds. The minimum Gasteiger partial charge on any atom is -0.497 e. The molecule has 2 N–H and O–H groups in total. The number of rotatable bonds is 17. The third-order valence-electron chi connectivity index (χ3n) is 6.90. The van der Waals surface area contributed by atoms with Crippen LogP contribution in [0.3, 0.4) is 0 Å². The summed E-state index contributed by atoms with van der Waals surface area (Å²) in [5, 5.41) is 0. The number of nitrogens with zero attached hydrogens (tertiary/aromatic N) is 3. The first kappa shape index (κ1) is 32.3. The van der Waals surface area contributed by atoms with Crippen molar-refractivity contribution < 1.29 is 22.7 Å². The number of carbonyl (C=O) groups excluding carboxylic acids is 1. The summed E-state index contributed by atoms with van der Waals surface area (Å²) in [5.74, 6) is 0.507. The lowest BCUT2D eigenvalue weighted by atomic mass is 10.0. The second-order valence-corrected chi connectivity index (χ2v) is 11.4. The standard InChI is InChI=1S/C26H48N4O5S/c1-9-23(30(10-2)14-13-27)12-11-22(5)29(7)25(31)19-35-16-15-28(6)36(32,33)26-20(3)17-24(34-8)18-21(26)4/h17-18,22-23H,9-16,19,27H2,1-8H3. The second kappa shape index (κ2) is 15.5. The monoisotopic (exact) mass is 528 g/mol. The molecule has 0 spiro atoms. The zero-order valence-corrected chi connectivity index (χ0v) is 24.4. The highest BCUT2D eigenvalue weighted by molar-refractivity contribution is 7.89. The number of sulfonamides is 1. The Morgan fingerprint density at radius 3 is 2.19 bits per heavy atom. The molecule has 10 heteroatoms. The summed E-state index contributed by atoms with van der Waals surface area (Å²) in [4.78, 5) is 17.0. The van der Waals surface area contributed by atoms with Crippen LogP contribution in [0.5, 0.6) is 5.75 Å². The van der Waals surface area contributed by atoms with E-state index < -0.39 is 10.0 Å². The Labute approximate surface area is 218 Å². The molecule has 0 bridgehead atoms. The molecule has 0 radical (unpaired) electrons. The van der Waals surface area contributed by atoms with Gasteiger partial charge in [-0.25, -0.2) is 8.42 Å². The molecule has 0 saturated heterocycles. The Balaban J connectivity index is 2.57. The minimum atomic E-state index is -3.70. The molecule has 0 heterocycles. The van der Waals surface area contributed by atoms with Crippen LogP contribution in [0, 0.1) is 13.8 Å². The van der Waals surface area contributed by atoms with Crippen molar-refractivity contribution in [3.63, 3.8) is 0 Å². The summed E-state index contributed by atoms with van der Waals surface area (Å²) in [5.41, 5.74) is 7.00. The van der Waals surface area contributed by atoms with Crippen molar-refractivity contribution in [2.45, 2.75) is 70.9 Å². The fraction of sp³-hybridized carbons (Fsp3) is 0.731. The molecule has 2 unspecified atom stereocenters. The molecule has 0 aliphatic carbocycles. The predicted molar refractivity (Wildman–Crippen MR) is 145 cm³/mol. The number of hydrogen-bond acceptors (Lipinski definition) is 7. The van der Waals surface area contributed by atoms with Crippen molar-refractivity contribution >= 4 is 15.9 Å². The number of aryl methyl sites for hydroxylation is 2. The van der Waals surface area contributed by atoms with Gasteiger partial charge in [0.2, 0.25) is 15.9 Å². The van der Waals surface area contributed by atoms with Gasteiger partial charge in [0.25, 0.3) is 0 Å². The molecule has 0 aliphatic heterocycles. The van der Waals surface area contributed by atoms with Crippen LogP contribution in [0.2, 0.25) is 0 Å². The Bertz CT molecular complexity index is 902. The summed E-state index contributed by atoms with van der Waals surface area (Å²) < 4.78 is 38.3. The molecule has 0 aromatic heterocycles. The number of likely N-dealkylation sites (N-methyl/N-ethyl adjacent to an activating group) is 3. The zero-order valence-electron chi connectivity index (χ0n) is 23.5. The van der Waals surface area contributed by atoms with Crippen LogP contribution < -0.4 is 10.5 Å². The van der Waals surface area contributed by atoms with Gasteiger partial charge in [0.15, 0.2) is 0 Å². The van der Waals surface area contributed by atoms with E-state index in [9.17, 15) is 13.2 Å². The van der Waals surface area contributed by atoms with Gasteiger partial charge in [0.05, 0.1) is 18.6 Å². The molecule has 0 aliphatic rings. The quantitative estimate of drug-likeness (QED) is 0.310. The van der Waals surface area contributed by atoms with E-state index in [1.54, 1.807) is 45.0 Å². The van der Waals surface area contributed by atoms with Crippen LogP contribution in [0.25, 0.3) is 0 Å². The zero-order chi connectivity index (χ0) is 27.5. The topological polar surface area (TPSA) is 105 Å². The molecule has 9 nitrogen and oxygen atoms in total. The predicted octanol–water partition coefficient (Wildman–Crippen LogP) is 2.64. The second-order valence-electron chi connectivity index (χ2n) is 9.38. The van der Waals surface area contributed by atoms with E-state index >= 15 is 0 Å². The number of benzene rings is 1. The number of amides is 1. The van der Waals surface area contributed by atoms with E-state index in [1.807, 2.05) is 6.92 Å². The normalized spacial score (nSPS) is 13.8. The fourth-order valence-electron chi connectivity index (χ4n) is 4.45. The van der Waals surface area contributed by atoms with Crippen molar-refractivity contribution in [3.8, 4) is 5.75 Å². The van der Waals surface area contributed by atoms with Gasteiger partial charge in [-0.15, -0.1) is 0 Å². The highest BCUT2D eigenvalue weighted by atomic mass is 32.2. The van der Waals surface area contributed by atoms with Crippen LogP contribution in [-0.2, 0) is 19.6 Å². The van der Waals surface area contributed by atoms with Gasteiger partial charge in [-0.05, 0) is 69.8 Å². The maximum atomic E-state index is 13.1. The van der Waals surface area contributed by atoms with E-state index in [0.717, 1.165) is 32.4 Å².